The van der Waals surface area contributed by atoms with Crippen molar-refractivity contribution in [1.82, 2.24) is 4.90 Å². The van der Waals surface area contributed by atoms with Crippen LogP contribution in [0.1, 0.15) is 18.9 Å². The summed E-state index contributed by atoms with van der Waals surface area (Å²) in [5.41, 5.74) is -0.283. The molecule has 1 N–H and O–H groups in total. The van der Waals surface area contributed by atoms with Crippen molar-refractivity contribution in [3.05, 3.63) is 54.1 Å². The van der Waals surface area contributed by atoms with Crippen LogP contribution in [0.3, 0.4) is 0 Å². The number of nitrogens with zero attached hydrogens (tertiary/aromatic N) is 2. The van der Waals surface area contributed by atoms with E-state index in [1.165, 1.54) is 24.1 Å². The van der Waals surface area contributed by atoms with Gasteiger partial charge in [-0.1, -0.05) is 23.9 Å². The van der Waals surface area contributed by atoms with E-state index in [0.717, 1.165) is 23.9 Å². The molecule has 0 spiro atoms. The van der Waals surface area contributed by atoms with Crippen LogP contribution in [0.4, 0.5) is 24.5 Å². The van der Waals surface area contributed by atoms with Gasteiger partial charge in [0.05, 0.1) is 17.9 Å². The molecule has 2 amide bonds. The summed E-state index contributed by atoms with van der Waals surface area (Å²) in [5, 5.41) is 2.12. The third kappa shape index (κ3) is 5.78. The fraction of sp³-hybridized carbons (Fsp3) is 0.286. The number of hydrogen-bond donors (Lipinski definition) is 1. The van der Waals surface area contributed by atoms with Gasteiger partial charge in [-0.25, -0.2) is 4.99 Å². The molecule has 1 saturated heterocycles. The van der Waals surface area contributed by atoms with Crippen molar-refractivity contribution in [3.63, 3.8) is 0 Å². The molecule has 3 rings (SSSR count). The standard InChI is InChI=1S/C21H20F3N3O3S/c1-3-30-16-9-5-8-15(11-16)25-19(29)17-12-18(28)27(2)20(31-17)26-14-7-4-6-13(10-14)21(22,23)24/h4-11,17H,3,12H2,1-2H3,(H,25,29)/t17-/m0/s1. The van der Waals surface area contributed by atoms with Crippen molar-refractivity contribution in [2.24, 2.45) is 4.99 Å². The van der Waals surface area contributed by atoms with Gasteiger partial charge in [-0.3, -0.25) is 14.5 Å². The number of benzene rings is 2. The highest BCUT2D eigenvalue weighted by atomic mass is 32.2. The third-order valence-electron chi connectivity index (χ3n) is 4.37. The molecule has 0 aliphatic carbocycles. The number of rotatable bonds is 5. The summed E-state index contributed by atoms with van der Waals surface area (Å²) < 4.78 is 44.3. The van der Waals surface area contributed by atoms with Crippen molar-refractivity contribution in [2.45, 2.75) is 24.8 Å². The molecule has 10 heteroatoms. The lowest BCUT2D eigenvalue weighted by molar-refractivity contribution is -0.137. The Morgan fingerprint density at radius 3 is 2.71 bits per heavy atom. The van der Waals surface area contributed by atoms with Gasteiger partial charge in [0.2, 0.25) is 11.8 Å². The first-order chi connectivity index (χ1) is 14.7. The highest BCUT2D eigenvalue weighted by molar-refractivity contribution is 8.15. The van der Waals surface area contributed by atoms with Crippen LogP contribution in [0.5, 0.6) is 5.75 Å². The molecule has 0 radical (unpaired) electrons. The molecule has 0 aromatic heterocycles. The average Bonchev–Trinajstić information content (AvgIpc) is 2.71. The number of amides is 2. The Hall–Kier alpha value is -3.01. The normalized spacial score (nSPS) is 18.2. The third-order valence-corrected chi connectivity index (χ3v) is 5.61. The first-order valence-electron chi connectivity index (χ1n) is 9.40. The Kier molecular flexibility index (Phi) is 6.89. The number of anilines is 1. The van der Waals surface area contributed by atoms with Crippen LogP contribution >= 0.6 is 11.8 Å². The summed E-state index contributed by atoms with van der Waals surface area (Å²) in [6.45, 7) is 2.32. The summed E-state index contributed by atoms with van der Waals surface area (Å²) in [6, 6.07) is 11.3. The average molecular weight is 451 g/mol. The lowest BCUT2D eigenvalue weighted by Crippen LogP contribution is -2.43. The summed E-state index contributed by atoms with van der Waals surface area (Å²) in [5.74, 6) is -0.163. The van der Waals surface area contributed by atoms with Crippen molar-refractivity contribution < 1.29 is 27.5 Å². The number of nitrogens with one attached hydrogen (secondary N) is 1. The number of alkyl halides is 3. The maximum atomic E-state index is 13.0. The van der Waals surface area contributed by atoms with Gasteiger partial charge >= 0.3 is 6.18 Å². The van der Waals surface area contributed by atoms with E-state index in [1.54, 1.807) is 24.3 Å². The van der Waals surface area contributed by atoms with Gasteiger partial charge in [-0.05, 0) is 37.3 Å². The van der Waals surface area contributed by atoms with E-state index in [0.29, 0.717) is 18.0 Å². The van der Waals surface area contributed by atoms with E-state index in [9.17, 15) is 22.8 Å². The number of aliphatic imine (C=N–C) groups is 1. The number of thioether (sulfide) groups is 1. The van der Waals surface area contributed by atoms with E-state index in [4.69, 9.17) is 4.74 Å². The largest absolute Gasteiger partial charge is 0.494 e. The van der Waals surface area contributed by atoms with Crippen LogP contribution in [0.2, 0.25) is 0 Å². The maximum Gasteiger partial charge on any atom is 0.416 e. The molecule has 1 atom stereocenters. The molecule has 0 saturated carbocycles. The highest BCUT2D eigenvalue weighted by Crippen LogP contribution is 2.33. The second-order valence-electron chi connectivity index (χ2n) is 6.66. The number of halogens is 3. The summed E-state index contributed by atoms with van der Waals surface area (Å²) in [6.07, 6.45) is -4.56. The Bertz CT molecular complexity index is 1010. The van der Waals surface area contributed by atoms with Gasteiger partial charge in [0.1, 0.15) is 11.0 Å². The highest BCUT2D eigenvalue weighted by Gasteiger charge is 2.34. The Labute approximate surface area is 181 Å². The molecule has 2 aromatic carbocycles. The van der Waals surface area contributed by atoms with Crippen molar-refractivity contribution >= 4 is 40.1 Å². The number of hydrogen-bond acceptors (Lipinski definition) is 5. The van der Waals surface area contributed by atoms with Gasteiger partial charge in [0.25, 0.3) is 0 Å². The lowest BCUT2D eigenvalue weighted by atomic mass is 10.2. The van der Waals surface area contributed by atoms with Crippen LogP contribution in [0.15, 0.2) is 53.5 Å². The number of carbonyl (C=O) groups is 2. The number of ether oxygens (including phenoxy) is 1. The number of amidine groups is 1. The molecule has 31 heavy (non-hydrogen) atoms. The lowest BCUT2D eigenvalue weighted by Gasteiger charge is -2.28. The first kappa shape index (κ1) is 22.7. The van der Waals surface area contributed by atoms with Crippen LogP contribution in [0.25, 0.3) is 0 Å². The molecule has 6 nitrogen and oxygen atoms in total. The Morgan fingerprint density at radius 1 is 1.26 bits per heavy atom. The SMILES string of the molecule is CCOc1cccc(NC(=O)[C@@H]2CC(=O)N(C)C(=Nc3cccc(C(F)(F)F)c3)S2)c1. The summed E-state index contributed by atoms with van der Waals surface area (Å²) in [7, 11) is 1.47. The smallest absolute Gasteiger partial charge is 0.416 e. The minimum Gasteiger partial charge on any atom is -0.494 e. The second-order valence-corrected chi connectivity index (χ2v) is 7.83. The van der Waals surface area contributed by atoms with E-state index in [2.05, 4.69) is 10.3 Å². The quantitative estimate of drug-likeness (QED) is 0.716. The topological polar surface area (TPSA) is 71.0 Å². The molecule has 1 aliphatic rings. The van der Waals surface area contributed by atoms with Crippen LogP contribution < -0.4 is 10.1 Å². The minimum atomic E-state index is -4.50. The van der Waals surface area contributed by atoms with Gasteiger partial charge < -0.3 is 10.1 Å². The fourth-order valence-corrected chi connectivity index (χ4v) is 3.88. The molecule has 1 fully saturated rings. The molecule has 0 bridgehead atoms. The van der Waals surface area contributed by atoms with Gasteiger partial charge in [-0.15, -0.1) is 0 Å². The van der Waals surface area contributed by atoms with Crippen molar-refractivity contribution in [3.8, 4) is 5.75 Å². The molecule has 0 unspecified atom stereocenters. The van der Waals surface area contributed by atoms with Crippen LogP contribution in [0, 0.1) is 0 Å². The predicted octanol–water partition coefficient (Wildman–Crippen LogP) is 4.69. The molecule has 1 aliphatic heterocycles. The van der Waals surface area contributed by atoms with Gasteiger partial charge in [0.15, 0.2) is 5.17 Å². The van der Waals surface area contributed by atoms with Gasteiger partial charge in [0, 0.05) is 25.2 Å². The van der Waals surface area contributed by atoms with Gasteiger partial charge in [-0.2, -0.15) is 13.2 Å². The predicted molar refractivity (Wildman–Crippen MR) is 114 cm³/mol. The monoisotopic (exact) mass is 451 g/mol. The fourth-order valence-electron chi connectivity index (χ4n) is 2.81. The minimum absolute atomic E-state index is 0.0439. The second kappa shape index (κ2) is 9.42. The zero-order valence-electron chi connectivity index (χ0n) is 16.8. The zero-order chi connectivity index (χ0) is 22.6. The molecule has 164 valence electrons. The van der Waals surface area contributed by atoms with E-state index >= 15 is 0 Å². The van der Waals surface area contributed by atoms with Crippen molar-refractivity contribution in [1.29, 1.82) is 0 Å². The molecule has 1 heterocycles. The van der Waals surface area contributed by atoms with E-state index in [-0.39, 0.29) is 23.2 Å². The molecular weight excluding hydrogens is 431 g/mol. The Balaban J connectivity index is 1.79. The zero-order valence-corrected chi connectivity index (χ0v) is 17.6. The van der Waals surface area contributed by atoms with Crippen LogP contribution in [-0.2, 0) is 15.8 Å². The van der Waals surface area contributed by atoms with E-state index < -0.39 is 22.9 Å². The van der Waals surface area contributed by atoms with Crippen LogP contribution in [-0.4, -0.2) is 40.8 Å². The first-order valence-corrected chi connectivity index (χ1v) is 10.3. The molecule has 2 aromatic rings. The van der Waals surface area contributed by atoms with Crippen molar-refractivity contribution in [2.75, 3.05) is 19.0 Å². The molecular formula is C21H20F3N3O3S. The maximum absolute atomic E-state index is 13.0. The Morgan fingerprint density at radius 2 is 2.00 bits per heavy atom. The number of carbonyl (C=O) groups excluding carboxylic acids is 2. The summed E-state index contributed by atoms with van der Waals surface area (Å²) >= 11 is 1.02. The summed E-state index contributed by atoms with van der Waals surface area (Å²) in [4.78, 5) is 30.5. The van der Waals surface area contributed by atoms with E-state index in [1.807, 2.05) is 6.92 Å².